The zero-order valence-electron chi connectivity index (χ0n) is 15.4. The van der Waals surface area contributed by atoms with Gasteiger partial charge in [0.2, 0.25) is 0 Å². The summed E-state index contributed by atoms with van der Waals surface area (Å²) in [4.78, 5) is 17.2. The highest BCUT2D eigenvalue weighted by molar-refractivity contribution is 5.64. The molecular weight excluding hydrogens is 306 g/mol. The van der Waals surface area contributed by atoms with Crippen LogP contribution in [-0.4, -0.2) is 28.9 Å². The third-order valence-electron chi connectivity index (χ3n) is 3.67. The van der Waals surface area contributed by atoms with Gasteiger partial charge in [-0.3, -0.25) is 14.1 Å². The number of aromatic nitrogens is 2. The molecule has 0 aliphatic rings. The van der Waals surface area contributed by atoms with Crippen LogP contribution in [0.5, 0.6) is 11.5 Å². The second kappa shape index (κ2) is 6.55. The quantitative estimate of drug-likeness (QED) is 0.865. The molecule has 0 amide bonds. The van der Waals surface area contributed by atoms with Gasteiger partial charge in [-0.2, -0.15) is 0 Å². The molecule has 6 heteroatoms. The lowest BCUT2D eigenvalue weighted by atomic mass is 10.1. The molecule has 2 aromatic rings. The number of rotatable bonds is 3. The Kier molecular flexibility index (Phi) is 4.87. The molecule has 1 heterocycles. The van der Waals surface area contributed by atoms with Crippen LogP contribution in [0.2, 0.25) is 0 Å². The minimum atomic E-state index is -0.279. The molecule has 0 N–H and O–H groups in total. The highest BCUT2D eigenvalue weighted by Gasteiger charge is 2.13. The standard InChI is InChI=1S/C18H25N3O3/c1-18(2,3)19-16-11-13(20(4)17(22)21(16)5)12-8-9-14(23-6)15(10-12)24-7/h8-11H,1-7H3. The summed E-state index contributed by atoms with van der Waals surface area (Å²) in [6, 6.07) is 7.49. The average molecular weight is 331 g/mol. The van der Waals surface area contributed by atoms with Gasteiger partial charge in [0.25, 0.3) is 0 Å². The van der Waals surface area contributed by atoms with Crippen molar-refractivity contribution in [3.05, 3.63) is 40.2 Å². The van der Waals surface area contributed by atoms with E-state index in [2.05, 4.69) is 4.99 Å². The number of hydrogen-bond acceptors (Lipinski definition) is 4. The Bertz CT molecular complexity index is 871. The summed E-state index contributed by atoms with van der Waals surface area (Å²) in [5, 5.41) is 0. The molecule has 0 aliphatic heterocycles. The lowest BCUT2D eigenvalue weighted by Crippen LogP contribution is -2.39. The summed E-state index contributed by atoms with van der Waals surface area (Å²) in [6.07, 6.45) is 0. The number of ether oxygens (including phenoxy) is 2. The number of nitrogens with zero attached hydrogens (tertiary/aromatic N) is 3. The van der Waals surface area contributed by atoms with Crippen LogP contribution in [0.25, 0.3) is 11.3 Å². The summed E-state index contributed by atoms with van der Waals surface area (Å²) in [5.74, 6) is 1.26. The van der Waals surface area contributed by atoms with Crippen LogP contribution in [0.4, 0.5) is 0 Å². The van der Waals surface area contributed by atoms with Crippen LogP contribution in [-0.2, 0) is 14.1 Å². The maximum Gasteiger partial charge on any atom is 0.329 e. The molecular formula is C18H25N3O3. The van der Waals surface area contributed by atoms with Gasteiger partial charge in [0.15, 0.2) is 11.5 Å². The first-order chi connectivity index (χ1) is 11.2. The topological polar surface area (TPSA) is 57.8 Å². The Morgan fingerprint density at radius 1 is 0.958 bits per heavy atom. The highest BCUT2D eigenvalue weighted by Crippen LogP contribution is 2.31. The second-order valence-electron chi connectivity index (χ2n) is 6.64. The fourth-order valence-corrected chi connectivity index (χ4v) is 2.47. The van der Waals surface area contributed by atoms with E-state index in [0.29, 0.717) is 17.0 Å². The zero-order valence-corrected chi connectivity index (χ0v) is 15.4. The smallest absolute Gasteiger partial charge is 0.329 e. The fraction of sp³-hybridized carbons (Fsp3) is 0.444. The molecule has 130 valence electrons. The van der Waals surface area contributed by atoms with E-state index in [9.17, 15) is 4.79 Å². The summed E-state index contributed by atoms with van der Waals surface area (Å²) in [6.45, 7) is 6.00. The van der Waals surface area contributed by atoms with E-state index in [1.54, 1.807) is 37.4 Å². The average Bonchev–Trinajstić information content (AvgIpc) is 2.53. The summed E-state index contributed by atoms with van der Waals surface area (Å²) in [7, 11) is 6.66. The third-order valence-corrected chi connectivity index (χ3v) is 3.67. The number of methoxy groups -OCH3 is 2. The highest BCUT2D eigenvalue weighted by atomic mass is 16.5. The van der Waals surface area contributed by atoms with E-state index in [0.717, 1.165) is 11.3 Å². The van der Waals surface area contributed by atoms with Crippen molar-refractivity contribution in [1.29, 1.82) is 0 Å². The first-order valence-corrected chi connectivity index (χ1v) is 7.73. The molecule has 0 radical (unpaired) electrons. The second-order valence-corrected chi connectivity index (χ2v) is 6.64. The van der Waals surface area contributed by atoms with Gasteiger partial charge in [-0.1, -0.05) is 0 Å². The fourth-order valence-electron chi connectivity index (χ4n) is 2.47. The first kappa shape index (κ1) is 17.8. The maximum absolute atomic E-state index is 12.6. The predicted molar refractivity (Wildman–Crippen MR) is 94.5 cm³/mol. The molecule has 0 saturated carbocycles. The van der Waals surface area contributed by atoms with E-state index >= 15 is 0 Å². The van der Waals surface area contributed by atoms with Crippen molar-refractivity contribution in [1.82, 2.24) is 9.13 Å². The van der Waals surface area contributed by atoms with Crippen molar-refractivity contribution in [2.45, 2.75) is 26.3 Å². The van der Waals surface area contributed by atoms with Crippen LogP contribution >= 0.6 is 0 Å². The van der Waals surface area contributed by atoms with Crippen molar-refractivity contribution in [3.8, 4) is 22.8 Å². The molecule has 0 spiro atoms. The van der Waals surface area contributed by atoms with Crippen LogP contribution in [0.1, 0.15) is 20.8 Å². The van der Waals surface area contributed by atoms with Gasteiger partial charge in [0.05, 0.1) is 25.5 Å². The summed E-state index contributed by atoms with van der Waals surface area (Å²) < 4.78 is 13.8. The Balaban J connectivity index is 2.76. The molecule has 0 atom stereocenters. The van der Waals surface area contributed by atoms with Crippen molar-refractivity contribution >= 4 is 0 Å². The minimum absolute atomic E-state index is 0.134. The Morgan fingerprint density at radius 3 is 2.12 bits per heavy atom. The predicted octanol–water partition coefficient (Wildman–Crippen LogP) is 2.11. The van der Waals surface area contributed by atoms with Gasteiger partial charge in [-0.05, 0) is 39.0 Å². The van der Waals surface area contributed by atoms with Crippen molar-refractivity contribution in [2.75, 3.05) is 14.2 Å². The third kappa shape index (κ3) is 3.53. The molecule has 0 aliphatic carbocycles. The largest absolute Gasteiger partial charge is 0.493 e. The van der Waals surface area contributed by atoms with E-state index < -0.39 is 0 Å². The van der Waals surface area contributed by atoms with E-state index in [4.69, 9.17) is 9.47 Å². The van der Waals surface area contributed by atoms with Crippen LogP contribution < -0.4 is 20.7 Å². The summed E-state index contributed by atoms with van der Waals surface area (Å²) >= 11 is 0. The van der Waals surface area contributed by atoms with Crippen LogP contribution in [0.15, 0.2) is 34.1 Å². The molecule has 0 fully saturated rings. The molecule has 0 unspecified atom stereocenters. The van der Waals surface area contributed by atoms with Gasteiger partial charge < -0.3 is 9.47 Å². The first-order valence-electron chi connectivity index (χ1n) is 7.73. The molecule has 2 rings (SSSR count). The Morgan fingerprint density at radius 2 is 1.58 bits per heavy atom. The molecule has 24 heavy (non-hydrogen) atoms. The molecule has 1 aromatic carbocycles. The Labute approximate surface area is 142 Å². The lowest BCUT2D eigenvalue weighted by molar-refractivity contribution is 0.355. The Hall–Kier alpha value is -2.50. The van der Waals surface area contributed by atoms with Gasteiger partial charge in [0, 0.05) is 25.7 Å². The van der Waals surface area contributed by atoms with Crippen molar-refractivity contribution in [3.63, 3.8) is 0 Å². The molecule has 0 bridgehead atoms. The van der Waals surface area contributed by atoms with E-state index in [1.165, 1.54) is 0 Å². The van der Waals surface area contributed by atoms with Gasteiger partial charge >= 0.3 is 5.69 Å². The van der Waals surface area contributed by atoms with Gasteiger partial charge in [-0.15, -0.1) is 0 Å². The molecule has 0 saturated heterocycles. The van der Waals surface area contributed by atoms with Crippen molar-refractivity contribution in [2.24, 2.45) is 19.1 Å². The molecule has 6 nitrogen and oxygen atoms in total. The normalized spacial score (nSPS) is 12.4. The van der Waals surface area contributed by atoms with Gasteiger partial charge in [-0.25, -0.2) is 4.79 Å². The summed E-state index contributed by atoms with van der Waals surface area (Å²) in [5.41, 5.74) is 1.85. The lowest BCUT2D eigenvalue weighted by Gasteiger charge is -2.16. The molecule has 1 aromatic heterocycles. The van der Waals surface area contributed by atoms with Crippen LogP contribution in [0, 0.1) is 0 Å². The SMILES string of the molecule is COc1ccc(-c2cc(=NC(C)(C)C)n(C)c(=O)n2C)cc1OC. The zero-order chi connectivity index (χ0) is 18.1. The maximum atomic E-state index is 12.6. The number of benzene rings is 1. The van der Waals surface area contributed by atoms with E-state index in [1.807, 2.05) is 45.0 Å². The van der Waals surface area contributed by atoms with Gasteiger partial charge in [0.1, 0.15) is 5.49 Å². The van der Waals surface area contributed by atoms with E-state index in [-0.39, 0.29) is 11.2 Å². The van der Waals surface area contributed by atoms with Crippen molar-refractivity contribution < 1.29 is 9.47 Å². The minimum Gasteiger partial charge on any atom is -0.493 e. The monoisotopic (exact) mass is 331 g/mol. The number of hydrogen-bond donors (Lipinski definition) is 0. The van der Waals surface area contributed by atoms with Crippen LogP contribution in [0.3, 0.4) is 0 Å².